The monoisotopic (exact) mass is 380 g/mol. The molecule has 0 radical (unpaired) electrons. The van der Waals surface area contributed by atoms with E-state index in [4.69, 9.17) is 0 Å². The number of hydrazine groups is 1. The fraction of sp³-hybridized carbons (Fsp3) is 0.522. The number of aromatic amines is 1. The number of carbonyl (C=O) groups is 1. The van der Waals surface area contributed by atoms with Gasteiger partial charge in [0.15, 0.2) is 0 Å². The van der Waals surface area contributed by atoms with Crippen molar-refractivity contribution in [2.75, 3.05) is 34.2 Å². The molecule has 0 saturated heterocycles. The van der Waals surface area contributed by atoms with Crippen molar-refractivity contribution in [1.82, 2.24) is 19.9 Å². The molecule has 1 N–H and O–H groups in total. The predicted molar refractivity (Wildman–Crippen MR) is 115 cm³/mol. The van der Waals surface area contributed by atoms with Gasteiger partial charge in [0.2, 0.25) is 5.91 Å². The number of likely N-dealkylation sites (N-methyl/N-ethyl adjacent to an activating group) is 1. The van der Waals surface area contributed by atoms with E-state index < -0.39 is 0 Å². The summed E-state index contributed by atoms with van der Waals surface area (Å²) < 4.78 is 0. The Bertz CT molecular complexity index is 897. The van der Waals surface area contributed by atoms with Gasteiger partial charge in [-0.3, -0.25) is 14.7 Å². The van der Waals surface area contributed by atoms with Crippen molar-refractivity contribution in [3.63, 3.8) is 0 Å². The minimum atomic E-state index is -0.101. The Morgan fingerprint density at radius 2 is 2.11 bits per heavy atom. The summed E-state index contributed by atoms with van der Waals surface area (Å²) in [6.07, 6.45) is 8.79. The topological polar surface area (TPSA) is 42.6 Å². The number of aromatic nitrogens is 1. The maximum Gasteiger partial charge on any atom is 0.245 e. The third-order valence-electron chi connectivity index (χ3n) is 6.30. The zero-order valence-corrected chi connectivity index (χ0v) is 17.5. The molecule has 5 heteroatoms. The van der Waals surface area contributed by atoms with E-state index in [1.165, 1.54) is 27.6 Å². The lowest BCUT2D eigenvalue weighted by Crippen LogP contribution is -2.51. The van der Waals surface area contributed by atoms with Gasteiger partial charge in [-0.25, -0.2) is 5.01 Å². The van der Waals surface area contributed by atoms with Crippen molar-refractivity contribution in [3.8, 4) is 0 Å². The van der Waals surface area contributed by atoms with Gasteiger partial charge in [0.1, 0.15) is 0 Å². The zero-order chi connectivity index (χ0) is 19.8. The van der Waals surface area contributed by atoms with Crippen molar-refractivity contribution in [1.29, 1.82) is 0 Å². The fourth-order valence-electron chi connectivity index (χ4n) is 4.82. The van der Waals surface area contributed by atoms with Crippen LogP contribution in [0.25, 0.3) is 16.5 Å². The Balaban J connectivity index is 1.67. The Labute approximate surface area is 168 Å². The first-order valence-corrected chi connectivity index (χ1v) is 10.5. The molecule has 0 saturated carbocycles. The summed E-state index contributed by atoms with van der Waals surface area (Å²) in [7, 11) is 6.10. The van der Waals surface area contributed by atoms with E-state index in [1.54, 1.807) is 0 Å². The normalized spacial score (nSPS) is 21.7. The van der Waals surface area contributed by atoms with E-state index in [0.29, 0.717) is 6.04 Å². The van der Waals surface area contributed by atoms with Gasteiger partial charge in [-0.1, -0.05) is 38.0 Å². The number of benzene rings is 1. The van der Waals surface area contributed by atoms with Crippen LogP contribution in [-0.2, 0) is 11.2 Å². The summed E-state index contributed by atoms with van der Waals surface area (Å²) in [4.78, 5) is 19.2. The van der Waals surface area contributed by atoms with Crippen molar-refractivity contribution < 1.29 is 4.79 Å². The largest absolute Gasteiger partial charge is 0.361 e. The second kappa shape index (κ2) is 7.72. The second-order valence-corrected chi connectivity index (χ2v) is 8.45. The van der Waals surface area contributed by atoms with Gasteiger partial charge in [0.05, 0.1) is 5.92 Å². The van der Waals surface area contributed by atoms with E-state index in [9.17, 15) is 4.79 Å². The molecule has 2 heterocycles. The smallest absolute Gasteiger partial charge is 0.245 e. The summed E-state index contributed by atoms with van der Waals surface area (Å²) in [5.74, 6) is 0.113. The first-order valence-electron chi connectivity index (χ1n) is 10.5. The van der Waals surface area contributed by atoms with Gasteiger partial charge in [-0.05, 0) is 42.7 Å². The molecule has 2 atom stereocenters. The minimum Gasteiger partial charge on any atom is -0.361 e. The van der Waals surface area contributed by atoms with Crippen LogP contribution in [0.4, 0.5) is 0 Å². The summed E-state index contributed by atoms with van der Waals surface area (Å²) in [5, 5.41) is 5.21. The zero-order valence-electron chi connectivity index (χ0n) is 17.5. The Kier molecular flexibility index (Phi) is 5.30. The predicted octanol–water partition coefficient (Wildman–Crippen LogP) is 3.53. The lowest BCUT2D eigenvalue weighted by Gasteiger charge is -2.41. The molecule has 28 heavy (non-hydrogen) atoms. The number of fused-ring (bicyclic) bond motifs is 2. The molecule has 1 aromatic carbocycles. The van der Waals surface area contributed by atoms with Crippen LogP contribution in [0.15, 0.2) is 30.5 Å². The van der Waals surface area contributed by atoms with Gasteiger partial charge < -0.3 is 4.98 Å². The highest BCUT2D eigenvalue weighted by Crippen LogP contribution is 2.41. The van der Waals surface area contributed by atoms with Crippen LogP contribution in [0.2, 0.25) is 0 Å². The van der Waals surface area contributed by atoms with Crippen LogP contribution in [0, 0.1) is 5.92 Å². The number of H-pyrrole nitrogens is 1. The van der Waals surface area contributed by atoms with E-state index >= 15 is 0 Å². The quantitative estimate of drug-likeness (QED) is 0.616. The Morgan fingerprint density at radius 1 is 1.29 bits per heavy atom. The molecule has 2 aromatic rings. The molecule has 2 unspecified atom stereocenters. The highest BCUT2D eigenvalue weighted by Gasteiger charge is 2.37. The standard InChI is InChI=1S/C23H32N4O/c1-5-6-7-11-27(25(2)3)23(28)17-12-19-18-9-8-10-20-22(18)16(14-24-20)13-21(19)26(4)15-17/h8-10,12,14,17,21,24H,5-7,11,13,15H2,1-4H3. The molecule has 5 nitrogen and oxygen atoms in total. The molecule has 4 rings (SSSR count). The van der Waals surface area contributed by atoms with Crippen LogP contribution >= 0.6 is 0 Å². The number of hydrogen-bond acceptors (Lipinski definition) is 3. The molecule has 1 aliphatic heterocycles. The SMILES string of the molecule is CCCCCN(C(=O)C1C=C2c3cccc4[nH]cc(c34)CC2N(C)C1)N(C)C. The number of nitrogens with zero attached hydrogens (tertiary/aromatic N) is 3. The number of carbonyl (C=O) groups excluding carboxylic acids is 1. The molecule has 1 aromatic heterocycles. The number of hydrogen-bond donors (Lipinski definition) is 1. The lowest BCUT2D eigenvalue weighted by molar-refractivity contribution is -0.148. The number of unbranched alkanes of at least 4 members (excludes halogenated alkanes) is 2. The van der Waals surface area contributed by atoms with Crippen LogP contribution in [0.3, 0.4) is 0 Å². The first-order chi connectivity index (χ1) is 13.5. The van der Waals surface area contributed by atoms with Gasteiger partial charge in [-0.15, -0.1) is 0 Å². The van der Waals surface area contributed by atoms with Crippen molar-refractivity contribution >= 4 is 22.4 Å². The molecule has 0 bridgehead atoms. The summed E-state index contributed by atoms with van der Waals surface area (Å²) in [5.41, 5.74) is 5.19. The molecule has 0 fully saturated rings. The van der Waals surface area contributed by atoms with E-state index in [-0.39, 0.29) is 11.8 Å². The molecule has 1 aliphatic carbocycles. The molecular formula is C23H32N4O. The number of rotatable bonds is 6. The van der Waals surface area contributed by atoms with Gasteiger partial charge >= 0.3 is 0 Å². The first kappa shape index (κ1) is 19.2. The molecule has 0 spiro atoms. The Hall–Kier alpha value is -2.11. The maximum absolute atomic E-state index is 13.4. The van der Waals surface area contributed by atoms with Gasteiger partial charge in [-0.2, -0.15) is 0 Å². The average molecular weight is 381 g/mol. The highest BCUT2D eigenvalue weighted by atomic mass is 16.2. The van der Waals surface area contributed by atoms with Crippen molar-refractivity contribution in [3.05, 3.63) is 41.6 Å². The Morgan fingerprint density at radius 3 is 2.86 bits per heavy atom. The van der Waals surface area contributed by atoms with Crippen LogP contribution in [-0.4, -0.2) is 66.1 Å². The van der Waals surface area contributed by atoms with Crippen LogP contribution in [0.1, 0.15) is 37.3 Å². The van der Waals surface area contributed by atoms with Crippen LogP contribution in [0.5, 0.6) is 0 Å². The number of amides is 1. The highest BCUT2D eigenvalue weighted by molar-refractivity contribution is 5.99. The molecular weight excluding hydrogens is 348 g/mol. The fourth-order valence-corrected chi connectivity index (χ4v) is 4.82. The lowest BCUT2D eigenvalue weighted by atomic mass is 9.79. The van der Waals surface area contributed by atoms with Crippen molar-refractivity contribution in [2.45, 2.75) is 38.6 Å². The third kappa shape index (κ3) is 3.27. The van der Waals surface area contributed by atoms with Crippen molar-refractivity contribution in [2.24, 2.45) is 5.92 Å². The summed E-state index contributed by atoms with van der Waals surface area (Å²) in [6, 6.07) is 6.82. The van der Waals surface area contributed by atoms with E-state index in [0.717, 1.165) is 38.8 Å². The van der Waals surface area contributed by atoms with Crippen LogP contribution < -0.4 is 0 Å². The third-order valence-corrected chi connectivity index (χ3v) is 6.30. The van der Waals surface area contributed by atoms with Gasteiger partial charge in [0, 0.05) is 50.3 Å². The maximum atomic E-state index is 13.4. The minimum absolute atomic E-state index is 0.101. The summed E-state index contributed by atoms with van der Waals surface area (Å²) >= 11 is 0. The van der Waals surface area contributed by atoms with Gasteiger partial charge in [0.25, 0.3) is 0 Å². The molecule has 150 valence electrons. The average Bonchev–Trinajstić information content (AvgIpc) is 3.09. The van der Waals surface area contributed by atoms with E-state index in [2.05, 4.69) is 54.3 Å². The summed E-state index contributed by atoms with van der Waals surface area (Å²) in [6.45, 7) is 3.77. The molecule has 2 aliphatic rings. The molecule has 1 amide bonds. The van der Waals surface area contributed by atoms with E-state index in [1.807, 2.05) is 24.1 Å². The second-order valence-electron chi connectivity index (χ2n) is 8.45. The number of nitrogens with one attached hydrogen (secondary N) is 1.